The van der Waals surface area contributed by atoms with E-state index in [2.05, 4.69) is 6.92 Å². The molecule has 0 aromatic heterocycles. The zero-order chi connectivity index (χ0) is 13.7. The maximum Gasteiger partial charge on any atom is 0.127 e. The van der Waals surface area contributed by atoms with Crippen LogP contribution >= 0.6 is 0 Å². The summed E-state index contributed by atoms with van der Waals surface area (Å²) in [5, 5.41) is 20.2. The third-order valence-corrected chi connectivity index (χ3v) is 3.29. The third kappa shape index (κ3) is 3.28. The summed E-state index contributed by atoms with van der Waals surface area (Å²) in [6.07, 6.45) is 4.31. The smallest absolute Gasteiger partial charge is 0.127 e. The number of hydrogen-bond acceptors (Lipinski definition) is 2. The van der Waals surface area contributed by atoms with E-state index in [9.17, 15) is 10.2 Å². The number of aromatic hydroxyl groups is 2. The highest BCUT2D eigenvalue weighted by atomic mass is 16.3. The molecule has 0 saturated heterocycles. The summed E-state index contributed by atoms with van der Waals surface area (Å²) in [4.78, 5) is 0. The van der Waals surface area contributed by atoms with Crippen molar-refractivity contribution in [1.82, 2.24) is 0 Å². The molecule has 0 saturated carbocycles. The summed E-state index contributed by atoms with van der Waals surface area (Å²) in [5.41, 5.74) is 2.33. The van der Waals surface area contributed by atoms with Gasteiger partial charge in [0.1, 0.15) is 11.5 Å². The van der Waals surface area contributed by atoms with Crippen molar-refractivity contribution < 1.29 is 10.2 Å². The Bertz CT molecular complexity index is 509. The van der Waals surface area contributed by atoms with Gasteiger partial charge >= 0.3 is 0 Å². The Balaban J connectivity index is 2.28. The molecule has 0 spiro atoms. The molecule has 0 unspecified atom stereocenters. The minimum atomic E-state index is 0.151. The van der Waals surface area contributed by atoms with Crippen LogP contribution in [0.3, 0.4) is 0 Å². The fraction of sp³-hybridized carbons (Fsp3) is 0.294. The molecule has 2 heteroatoms. The minimum Gasteiger partial charge on any atom is -0.507 e. The standard InChI is InChI=1S/C17H20O2/c1-2-3-5-8-13-11-15(18)17(16(19)12-13)14-9-6-4-7-10-14/h4,6-7,9-12,18-19H,2-3,5,8H2,1H3. The van der Waals surface area contributed by atoms with Crippen LogP contribution in [0.4, 0.5) is 0 Å². The summed E-state index contributed by atoms with van der Waals surface area (Å²) < 4.78 is 0. The fourth-order valence-electron chi connectivity index (χ4n) is 2.29. The van der Waals surface area contributed by atoms with E-state index in [1.165, 1.54) is 12.8 Å². The number of phenolic OH excluding ortho intramolecular Hbond substituents is 2. The number of phenols is 2. The van der Waals surface area contributed by atoms with E-state index >= 15 is 0 Å². The number of rotatable bonds is 5. The van der Waals surface area contributed by atoms with Crippen LogP contribution in [0, 0.1) is 0 Å². The quantitative estimate of drug-likeness (QED) is 0.773. The van der Waals surface area contributed by atoms with Gasteiger partial charge in [0.15, 0.2) is 0 Å². The van der Waals surface area contributed by atoms with Crippen molar-refractivity contribution in [2.24, 2.45) is 0 Å². The molecule has 0 heterocycles. The first-order chi connectivity index (χ1) is 9.22. The highest BCUT2D eigenvalue weighted by Crippen LogP contribution is 2.38. The van der Waals surface area contributed by atoms with E-state index in [-0.39, 0.29) is 11.5 Å². The highest BCUT2D eigenvalue weighted by molar-refractivity contribution is 5.76. The van der Waals surface area contributed by atoms with E-state index < -0.39 is 0 Å². The normalized spacial score (nSPS) is 10.6. The van der Waals surface area contributed by atoms with Crippen LogP contribution in [0.2, 0.25) is 0 Å². The Hall–Kier alpha value is -1.96. The van der Waals surface area contributed by atoms with Gasteiger partial charge < -0.3 is 10.2 Å². The predicted octanol–water partition coefficient (Wildman–Crippen LogP) is 4.50. The second kappa shape index (κ2) is 6.28. The lowest BCUT2D eigenvalue weighted by atomic mass is 9.99. The van der Waals surface area contributed by atoms with E-state index in [0.717, 1.165) is 24.0 Å². The van der Waals surface area contributed by atoms with E-state index in [0.29, 0.717) is 5.56 Å². The van der Waals surface area contributed by atoms with Gasteiger partial charge in [-0.05, 0) is 36.1 Å². The Morgan fingerprint density at radius 2 is 1.53 bits per heavy atom. The Kier molecular flexibility index (Phi) is 4.45. The van der Waals surface area contributed by atoms with Gasteiger partial charge in [0.2, 0.25) is 0 Å². The molecule has 0 radical (unpaired) electrons. The van der Waals surface area contributed by atoms with Crippen LogP contribution in [0.15, 0.2) is 42.5 Å². The number of unbranched alkanes of at least 4 members (excludes halogenated alkanes) is 2. The van der Waals surface area contributed by atoms with Gasteiger partial charge in [0.05, 0.1) is 5.56 Å². The van der Waals surface area contributed by atoms with Gasteiger partial charge in [-0.3, -0.25) is 0 Å². The third-order valence-electron chi connectivity index (χ3n) is 3.29. The summed E-state index contributed by atoms with van der Waals surface area (Å²) >= 11 is 0. The zero-order valence-electron chi connectivity index (χ0n) is 11.3. The summed E-state index contributed by atoms with van der Waals surface area (Å²) in [6.45, 7) is 2.16. The Morgan fingerprint density at radius 1 is 0.895 bits per heavy atom. The van der Waals surface area contributed by atoms with Crippen LogP contribution in [0.5, 0.6) is 11.5 Å². The molecule has 100 valence electrons. The van der Waals surface area contributed by atoms with Crippen LogP contribution in [-0.2, 0) is 6.42 Å². The fourth-order valence-corrected chi connectivity index (χ4v) is 2.29. The maximum atomic E-state index is 10.1. The Labute approximate surface area is 114 Å². The first kappa shape index (κ1) is 13.5. The highest BCUT2D eigenvalue weighted by Gasteiger charge is 2.11. The van der Waals surface area contributed by atoms with Crippen LogP contribution in [0.25, 0.3) is 11.1 Å². The molecule has 0 amide bonds. The van der Waals surface area contributed by atoms with E-state index in [1.54, 1.807) is 12.1 Å². The van der Waals surface area contributed by atoms with E-state index in [1.807, 2.05) is 30.3 Å². The molecular weight excluding hydrogens is 236 g/mol. The van der Waals surface area contributed by atoms with Crippen LogP contribution in [-0.4, -0.2) is 10.2 Å². The number of hydrogen-bond donors (Lipinski definition) is 2. The summed E-state index contributed by atoms with van der Waals surface area (Å²) in [5.74, 6) is 0.301. The van der Waals surface area contributed by atoms with Gasteiger partial charge in [0, 0.05) is 0 Å². The molecule has 2 aromatic carbocycles. The molecule has 2 N–H and O–H groups in total. The number of aryl methyl sites for hydroxylation is 1. The molecule has 0 atom stereocenters. The van der Waals surface area contributed by atoms with Gasteiger partial charge in [0.25, 0.3) is 0 Å². The lowest BCUT2D eigenvalue weighted by Crippen LogP contribution is -1.88. The van der Waals surface area contributed by atoms with Crippen LogP contribution < -0.4 is 0 Å². The lowest BCUT2D eigenvalue weighted by molar-refractivity contribution is 0.452. The zero-order valence-corrected chi connectivity index (χ0v) is 11.3. The summed E-state index contributed by atoms with van der Waals surface area (Å²) in [7, 11) is 0. The second-order valence-electron chi connectivity index (χ2n) is 4.83. The second-order valence-corrected chi connectivity index (χ2v) is 4.83. The first-order valence-electron chi connectivity index (χ1n) is 6.82. The first-order valence-corrected chi connectivity index (χ1v) is 6.82. The molecular formula is C17H20O2. The van der Waals surface area contributed by atoms with Crippen molar-refractivity contribution in [3.63, 3.8) is 0 Å². The van der Waals surface area contributed by atoms with Crippen molar-refractivity contribution in [3.05, 3.63) is 48.0 Å². The van der Waals surface area contributed by atoms with Crippen molar-refractivity contribution >= 4 is 0 Å². The summed E-state index contributed by atoms with van der Waals surface area (Å²) in [6, 6.07) is 13.0. The Morgan fingerprint density at radius 3 is 2.11 bits per heavy atom. The average molecular weight is 256 g/mol. The van der Waals surface area contributed by atoms with Crippen molar-refractivity contribution in [1.29, 1.82) is 0 Å². The molecule has 2 aromatic rings. The largest absolute Gasteiger partial charge is 0.507 e. The van der Waals surface area contributed by atoms with Gasteiger partial charge in [-0.25, -0.2) is 0 Å². The molecule has 0 aliphatic carbocycles. The van der Waals surface area contributed by atoms with Crippen molar-refractivity contribution in [2.75, 3.05) is 0 Å². The molecule has 2 rings (SSSR count). The molecule has 0 bridgehead atoms. The van der Waals surface area contributed by atoms with Gasteiger partial charge in [-0.15, -0.1) is 0 Å². The topological polar surface area (TPSA) is 40.5 Å². The SMILES string of the molecule is CCCCCc1cc(O)c(-c2ccccc2)c(O)c1. The molecule has 0 aliphatic heterocycles. The minimum absolute atomic E-state index is 0.151. The maximum absolute atomic E-state index is 10.1. The monoisotopic (exact) mass is 256 g/mol. The van der Waals surface area contributed by atoms with Crippen LogP contribution in [0.1, 0.15) is 31.7 Å². The molecule has 2 nitrogen and oxygen atoms in total. The van der Waals surface area contributed by atoms with Crippen molar-refractivity contribution in [2.45, 2.75) is 32.6 Å². The average Bonchev–Trinajstić information content (AvgIpc) is 2.39. The van der Waals surface area contributed by atoms with Gasteiger partial charge in [-0.1, -0.05) is 50.1 Å². The number of benzene rings is 2. The van der Waals surface area contributed by atoms with Gasteiger partial charge in [-0.2, -0.15) is 0 Å². The molecule has 0 fully saturated rings. The van der Waals surface area contributed by atoms with E-state index in [4.69, 9.17) is 0 Å². The van der Waals surface area contributed by atoms with Crippen molar-refractivity contribution in [3.8, 4) is 22.6 Å². The lowest BCUT2D eigenvalue weighted by Gasteiger charge is -2.10. The molecule has 19 heavy (non-hydrogen) atoms. The molecule has 0 aliphatic rings. The predicted molar refractivity (Wildman–Crippen MR) is 78.4 cm³/mol.